The van der Waals surface area contributed by atoms with E-state index in [4.69, 9.17) is 25.7 Å². The second-order valence-corrected chi connectivity index (χ2v) is 12.2. The minimum Gasteiger partial charge on any atom is -0.493 e. The summed E-state index contributed by atoms with van der Waals surface area (Å²) in [6.07, 6.45) is 4.25. The molecule has 1 saturated heterocycles. The van der Waals surface area contributed by atoms with Crippen molar-refractivity contribution >= 4 is 44.7 Å². The quantitative estimate of drug-likeness (QED) is 0.252. The first kappa shape index (κ1) is 24.8. The highest BCUT2D eigenvalue weighted by Gasteiger charge is 2.45. The molecule has 9 nitrogen and oxygen atoms in total. The Bertz CT molecular complexity index is 1880. The first-order chi connectivity index (χ1) is 20.0. The smallest absolute Gasteiger partial charge is 0.257 e. The van der Waals surface area contributed by atoms with Gasteiger partial charge < -0.3 is 19.4 Å². The topological polar surface area (TPSA) is 106 Å². The van der Waals surface area contributed by atoms with Gasteiger partial charge in [-0.05, 0) is 42.5 Å². The molecule has 3 aliphatic heterocycles. The second kappa shape index (κ2) is 9.25. The van der Waals surface area contributed by atoms with Crippen LogP contribution in [-0.2, 0) is 6.42 Å². The van der Waals surface area contributed by atoms with Gasteiger partial charge in [0, 0.05) is 60.1 Å². The molecule has 11 heteroatoms. The van der Waals surface area contributed by atoms with Crippen molar-refractivity contribution in [3.05, 3.63) is 70.0 Å². The highest BCUT2D eigenvalue weighted by Crippen LogP contribution is 2.51. The molecule has 0 aliphatic carbocycles. The van der Waals surface area contributed by atoms with E-state index in [0.717, 1.165) is 68.4 Å². The highest BCUT2D eigenvalue weighted by atomic mass is 35.5. The molecule has 1 fully saturated rings. The zero-order valence-corrected chi connectivity index (χ0v) is 24.0. The lowest BCUT2D eigenvalue weighted by Crippen LogP contribution is -2.22. The minimum atomic E-state index is -0.0247. The number of fused-ring (bicyclic) bond motifs is 5. The second-order valence-electron chi connectivity index (χ2n) is 10.7. The predicted octanol–water partition coefficient (Wildman–Crippen LogP) is 6.42. The number of ether oxygens (including phenoxy) is 1. The van der Waals surface area contributed by atoms with Crippen molar-refractivity contribution < 1.29 is 13.9 Å². The van der Waals surface area contributed by atoms with Crippen LogP contribution in [0.15, 0.2) is 40.9 Å². The molecule has 41 heavy (non-hydrogen) atoms. The number of halogens is 1. The Kier molecular flexibility index (Phi) is 5.59. The lowest BCUT2D eigenvalue weighted by Gasteiger charge is -2.18. The van der Waals surface area contributed by atoms with Crippen molar-refractivity contribution in [3.63, 3.8) is 0 Å². The Morgan fingerprint density at radius 2 is 2.07 bits per heavy atom. The normalized spacial score (nSPS) is 19.0. The van der Waals surface area contributed by atoms with E-state index < -0.39 is 0 Å². The molecule has 1 N–H and O–H groups in total. The molecule has 206 valence electrons. The maximum atomic E-state index is 14.0. The van der Waals surface area contributed by atoms with Crippen LogP contribution in [0.25, 0.3) is 32.0 Å². The van der Waals surface area contributed by atoms with E-state index in [2.05, 4.69) is 26.6 Å². The molecule has 0 spiro atoms. The number of rotatable bonds is 5. The number of hydrogen-bond donors (Lipinski definition) is 1. The molecular formula is C30H25ClN6O3S. The van der Waals surface area contributed by atoms with Crippen LogP contribution in [0.3, 0.4) is 0 Å². The lowest BCUT2D eigenvalue weighted by molar-refractivity contribution is 0.0776. The Morgan fingerprint density at radius 3 is 2.90 bits per heavy atom. The number of anilines is 1. The molecule has 5 aromatic rings. The summed E-state index contributed by atoms with van der Waals surface area (Å²) < 4.78 is 13.1. The average molecular weight is 585 g/mol. The molecule has 3 aliphatic rings. The molecule has 0 radical (unpaired) electrons. The molecule has 0 bridgehead atoms. The Hall–Kier alpha value is -4.02. The third-order valence-corrected chi connectivity index (χ3v) is 9.71. The number of pyridine rings is 2. The summed E-state index contributed by atoms with van der Waals surface area (Å²) >= 11 is 7.85. The van der Waals surface area contributed by atoms with Gasteiger partial charge in [-0.2, -0.15) is 0 Å². The Labute approximate surface area is 244 Å². The van der Waals surface area contributed by atoms with E-state index in [-0.39, 0.29) is 17.9 Å². The van der Waals surface area contributed by atoms with Crippen LogP contribution >= 0.6 is 22.9 Å². The van der Waals surface area contributed by atoms with Gasteiger partial charge in [0.25, 0.3) is 5.91 Å². The van der Waals surface area contributed by atoms with Crippen LogP contribution in [0.4, 0.5) is 5.82 Å². The van der Waals surface area contributed by atoms with Crippen LogP contribution in [0, 0.1) is 6.92 Å². The van der Waals surface area contributed by atoms with Crippen molar-refractivity contribution in [2.45, 2.75) is 38.1 Å². The van der Waals surface area contributed by atoms with Crippen molar-refractivity contribution in [1.82, 2.24) is 25.1 Å². The third-order valence-electron chi connectivity index (χ3n) is 8.30. The van der Waals surface area contributed by atoms with Gasteiger partial charge in [-0.3, -0.25) is 9.78 Å². The zero-order valence-electron chi connectivity index (χ0n) is 22.4. The van der Waals surface area contributed by atoms with Gasteiger partial charge in [0.15, 0.2) is 0 Å². The predicted molar refractivity (Wildman–Crippen MR) is 157 cm³/mol. The molecular weight excluding hydrogens is 560 g/mol. The summed E-state index contributed by atoms with van der Waals surface area (Å²) in [6.45, 7) is 3.02. The summed E-state index contributed by atoms with van der Waals surface area (Å²) in [5.41, 5.74) is 4.93. The number of carbonyl (C=O) groups excluding carboxylic acids is 1. The number of nitrogens with zero attached hydrogens (tertiary/aromatic N) is 5. The molecule has 0 saturated carbocycles. The minimum absolute atomic E-state index is 0.0163. The van der Waals surface area contributed by atoms with E-state index >= 15 is 0 Å². The number of aryl methyl sites for hydroxylation is 1. The van der Waals surface area contributed by atoms with E-state index in [0.29, 0.717) is 41.0 Å². The molecule has 7 heterocycles. The number of carbonyl (C=O) groups is 1. The van der Waals surface area contributed by atoms with Crippen LogP contribution in [-0.4, -0.2) is 51.2 Å². The maximum absolute atomic E-state index is 14.0. The summed E-state index contributed by atoms with van der Waals surface area (Å²) in [4.78, 5) is 26.7. The molecule has 1 aromatic carbocycles. The maximum Gasteiger partial charge on any atom is 0.257 e. The van der Waals surface area contributed by atoms with Gasteiger partial charge in [-0.15, -0.1) is 21.5 Å². The van der Waals surface area contributed by atoms with Crippen molar-refractivity contribution in [1.29, 1.82) is 0 Å². The van der Waals surface area contributed by atoms with Crippen LogP contribution < -0.4 is 10.1 Å². The van der Waals surface area contributed by atoms with Crippen molar-refractivity contribution in [2.75, 3.05) is 25.5 Å². The molecule has 2 unspecified atom stereocenters. The summed E-state index contributed by atoms with van der Waals surface area (Å²) in [5, 5.41) is 13.5. The summed E-state index contributed by atoms with van der Waals surface area (Å²) in [5.74, 6) is 2.48. The zero-order chi connectivity index (χ0) is 27.8. The standard InChI is InChI=1S/C30H25ClN6O3S/c1-14-35-36-29(40-14)23-19(10-16-13-39-21-12-17(31)5-6-18(16)21)34-26-20-4-3-9-37(20)30(38)25(26)24(23)22-11-15-7-8-33-28(32-2)27(15)41-22/h5-8,11-12,16,20H,3-4,9-10,13H2,1-2H3,(H,32,33). The first-order valence-corrected chi connectivity index (χ1v) is 14.9. The largest absolute Gasteiger partial charge is 0.493 e. The molecule has 2 atom stereocenters. The fraction of sp³-hybridized carbons (Fsp3) is 0.300. The number of nitrogens with one attached hydrogen (secondary N) is 1. The number of benzene rings is 1. The Morgan fingerprint density at radius 1 is 1.17 bits per heavy atom. The van der Waals surface area contributed by atoms with E-state index in [1.807, 2.05) is 36.2 Å². The van der Waals surface area contributed by atoms with Gasteiger partial charge in [0.1, 0.15) is 11.6 Å². The van der Waals surface area contributed by atoms with Gasteiger partial charge in [-0.25, -0.2) is 4.98 Å². The summed E-state index contributed by atoms with van der Waals surface area (Å²) in [6, 6.07) is 9.88. The van der Waals surface area contributed by atoms with Gasteiger partial charge >= 0.3 is 0 Å². The van der Waals surface area contributed by atoms with Crippen molar-refractivity contribution in [3.8, 4) is 27.6 Å². The van der Waals surface area contributed by atoms with Gasteiger partial charge in [0.05, 0.1) is 39.9 Å². The van der Waals surface area contributed by atoms with E-state index in [9.17, 15) is 4.79 Å². The van der Waals surface area contributed by atoms with E-state index in [1.54, 1.807) is 24.5 Å². The third kappa shape index (κ3) is 3.77. The number of amides is 1. The van der Waals surface area contributed by atoms with E-state index in [1.165, 1.54) is 0 Å². The van der Waals surface area contributed by atoms with Crippen molar-refractivity contribution in [2.24, 2.45) is 0 Å². The van der Waals surface area contributed by atoms with Crippen LogP contribution in [0.1, 0.15) is 58.0 Å². The highest BCUT2D eigenvalue weighted by molar-refractivity contribution is 7.23. The lowest BCUT2D eigenvalue weighted by atomic mass is 9.89. The Balaban J connectivity index is 1.40. The summed E-state index contributed by atoms with van der Waals surface area (Å²) in [7, 11) is 1.86. The fourth-order valence-corrected chi connectivity index (χ4v) is 7.86. The van der Waals surface area contributed by atoms with Gasteiger partial charge in [0.2, 0.25) is 11.8 Å². The molecule has 8 rings (SSSR count). The fourth-order valence-electron chi connectivity index (χ4n) is 6.49. The van der Waals surface area contributed by atoms with Crippen LogP contribution in [0.5, 0.6) is 5.75 Å². The number of thiophene rings is 1. The number of aromatic nitrogens is 4. The van der Waals surface area contributed by atoms with Gasteiger partial charge in [-0.1, -0.05) is 17.7 Å². The first-order valence-electron chi connectivity index (χ1n) is 13.7. The molecule has 1 amide bonds. The number of hydrogen-bond acceptors (Lipinski definition) is 9. The SMILES string of the molecule is CNc1nccc2cc(-c3c4c(nc(CC5COc6cc(Cl)ccc65)c3-c3nnc(C)o3)C3CCCN3C4=O)sc12. The average Bonchev–Trinajstić information content (AvgIpc) is 3.79. The monoisotopic (exact) mass is 584 g/mol. The molecule has 4 aromatic heterocycles. The van der Waals surface area contributed by atoms with Crippen LogP contribution in [0.2, 0.25) is 5.02 Å².